The molecule has 0 radical (unpaired) electrons. The highest BCUT2D eigenvalue weighted by Crippen LogP contribution is 2.17. The Labute approximate surface area is 177 Å². The third-order valence-corrected chi connectivity index (χ3v) is 4.76. The lowest BCUT2D eigenvalue weighted by Crippen LogP contribution is -2.27. The minimum atomic E-state index is -0.245. The number of carbonyl (C=O) groups excluding carboxylic acids is 1. The summed E-state index contributed by atoms with van der Waals surface area (Å²) in [7, 11) is 0. The van der Waals surface area contributed by atoms with Crippen LogP contribution in [0.4, 0.5) is 4.39 Å². The van der Waals surface area contributed by atoms with Crippen LogP contribution in [0.15, 0.2) is 65.1 Å². The molecule has 0 atom stereocenters. The van der Waals surface area contributed by atoms with Crippen molar-refractivity contribution in [2.24, 2.45) is 5.92 Å². The molecule has 158 valence electrons. The standard InChI is InChI=1S/C25H29FN2O2/c1-18(2)14-27-25(29)24-12-11-23(30-24)17-28(15-20-9-7-19(3)8-10-20)16-21-5-4-6-22(26)13-21/h4-13,18H,14-17H2,1-3H3,(H,27,29). The van der Waals surface area contributed by atoms with Crippen molar-refractivity contribution in [1.29, 1.82) is 0 Å². The van der Waals surface area contributed by atoms with Crippen molar-refractivity contribution in [3.05, 3.63) is 94.7 Å². The van der Waals surface area contributed by atoms with Gasteiger partial charge in [-0.1, -0.05) is 55.8 Å². The summed E-state index contributed by atoms with van der Waals surface area (Å²) >= 11 is 0. The molecular formula is C25H29FN2O2. The molecule has 1 aromatic heterocycles. The van der Waals surface area contributed by atoms with Crippen molar-refractivity contribution in [2.45, 2.75) is 40.4 Å². The fraction of sp³-hybridized carbons (Fsp3) is 0.320. The summed E-state index contributed by atoms with van der Waals surface area (Å²) in [6.45, 7) is 8.53. The maximum absolute atomic E-state index is 13.7. The predicted octanol–water partition coefficient (Wildman–Crippen LogP) is 5.32. The van der Waals surface area contributed by atoms with E-state index in [1.54, 1.807) is 18.2 Å². The average Bonchev–Trinajstić information content (AvgIpc) is 3.16. The molecule has 0 bridgehead atoms. The predicted molar refractivity (Wildman–Crippen MR) is 116 cm³/mol. The Morgan fingerprint density at radius 2 is 1.73 bits per heavy atom. The van der Waals surface area contributed by atoms with Gasteiger partial charge in [-0.25, -0.2) is 4.39 Å². The van der Waals surface area contributed by atoms with E-state index in [-0.39, 0.29) is 11.7 Å². The number of hydrogen-bond acceptors (Lipinski definition) is 3. The van der Waals surface area contributed by atoms with Crippen LogP contribution < -0.4 is 5.32 Å². The van der Waals surface area contributed by atoms with E-state index in [1.165, 1.54) is 17.2 Å². The van der Waals surface area contributed by atoms with Crippen molar-refractivity contribution in [3.8, 4) is 0 Å². The van der Waals surface area contributed by atoms with Crippen LogP contribution >= 0.6 is 0 Å². The van der Waals surface area contributed by atoms with Gasteiger partial charge >= 0.3 is 0 Å². The van der Waals surface area contributed by atoms with Gasteiger partial charge < -0.3 is 9.73 Å². The molecule has 30 heavy (non-hydrogen) atoms. The largest absolute Gasteiger partial charge is 0.455 e. The fourth-order valence-corrected chi connectivity index (χ4v) is 3.20. The Morgan fingerprint density at radius 1 is 1.00 bits per heavy atom. The van der Waals surface area contributed by atoms with Crippen molar-refractivity contribution in [2.75, 3.05) is 6.54 Å². The van der Waals surface area contributed by atoms with Gasteiger partial charge in [0.2, 0.25) is 0 Å². The molecule has 0 saturated carbocycles. The Kier molecular flexibility index (Phi) is 7.41. The summed E-state index contributed by atoms with van der Waals surface area (Å²) in [6.07, 6.45) is 0. The third kappa shape index (κ3) is 6.56. The van der Waals surface area contributed by atoms with Crippen LogP contribution in [0, 0.1) is 18.7 Å². The summed E-state index contributed by atoms with van der Waals surface area (Å²) in [5.41, 5.74) is 3.26. The van der Waals surface area contributed by atoms with E-state index in [0.29, 0.717) is 43.6 Å². The summed E-state index contributed by atoms with van der Waals surface area (Å²) in [4.78, 5) is 14.4. The van der Waals surface area contributed by atoms with Gasteiger partial charge in [0.05, 0.1) is 6.54 Å². The first-order valence-corrected chi connectivity index (χ1v) is 10.3. The second-order valence-electron chi connectivity index (χ2n) is 8.13. The Hall–Kier alpha value is -2.92. The van der Waals surface area contributed by atoms with E-state index in [4.69, 9.17) is 4.42 Å². The van der Waals surface area contributed by atoms with Crippen molar-refractivity contribution in [3.63, 3.8) is 0 Å². The molecule has 0 aliphatic carbocycles. The molecule has 0 saturated heterocycles. The van der Waals surface area contributed by atoms with Gasteiger partial charge in [0.1, 0.15) is 11.6 Å². The topological polar surface area (TPSA) is 45.5 Å². The number of furan rings is 1. The number of nitrogens with one attached hydrogen (secondary N) is 1. The summed E-state index contributed by atoms with van der Waals surface area (Å²) < 4.78 is 19.5. The normalized spacial score (nSPS) is 11.3. The second kappa shape index (κ2) is 10.2. The third-order valence-electron chi connectivity index (χ3n) is 4.76. The van der Waals surface area contributed by atoms with Crippen LogP contribution in [0.2, 0.25) is 0 Å². The lowest BCUT2D eigenvalue weighted by Gasteiger charge is -2.22. The fourth-order valence-electron chi connectivity index (χ4n) is 3.20. The highest BCUT2D eigenvalue weighted by Gasteiger charge is 2.15. The monoisotopic (exact) mass is 408 g/mol. The van der Waals surface area contributed by atoms with Crippen LogP contribution in [0.25, 0.3) is 0 Å². The van der Waals surface area contributed by atoms with Crippen molar-refractivity contribution >= 4 is 5.91 Å². The zero-order chi connectivity index (χ0) is 21.5. The molecule has 0 aliphatic rings. The highest BCUT2D eigenvalue weighted by molar-refractivity contribution is 5.91. The van der Waals surface area contributed by atoms with E-state index in [0.717, 1.165) is 5.56 Å². The number of carbonyl (C=O) groups is 1. The Balaban J connectivity index is 1.73. The molecular weight excluding hydrogens is 379 g/mol. The van der Waals surface area contributed by atoms with Crippen LogP contribution in [0.3, 0.4) is 0 Å². The van der Waals surface area contributed by atoms with Crippen LogP contribution in [0.1, 0.15) is 46.9 Å². The van der Waals surface area contributed by atoms with Gasteiger partial charge in [-0.3, -0.25) is 9.69 Å². The summed E-state index contributed by atoms with van der Waals surface area (Å²) in [5.74, 6) is 0.939. The molecule has 4 nitrogen and oxygen atoms in total. The van der Waals surface area contributed by atoms with Gasteiger partial charge in [0.15, 0.2) is 5.76 Å². The van der Waals surface area contributed by atoms with E-state index in [9.17, 15) is 9.18 Å². The van der Waals surface area contributed by atoms with E-state index < -0.39 is 0 Å². The first-order chi connectivity index (χ1) is 14.4. The van der Waals surface area contributed by atoms with Crippen molar-refractivity contribution < 1.29 is 13.6 Å². The molecule has 1 N–H and O–H groups in total. The Morgan fingerprint density at radius 3 is 2.43 bits per heavy atom. The number of benzene rings is 2. The highest BCUT2D eigenvalue weighted by atomic mass is 19.1. The molecule has 0 spiro atoms. The molecule has 3 rings (SSSR count). The molecule has 5 heteroatoms. The molecule has 0 unspecified atom stereocenters. The van der Waals surface area contributed by atoms with Gasteiger partial charge in [0.25, 0.3) is 5.91 Å². The number of halogens is 1. The number of amides is 1. The first-order valence-electron chi connectivity index (χ1n) is 10.3. The first kappa shape index (κ1) is 21.8. The SMILES string of the molecule is Cc1ccc(CN(Cc2cccc(F)c2)Cc2ccc(C(=O)NCC(C)C)o2)cc1. The molecule has 0 aliphatic heterocycles. The molecule has 3 aromatic rings. The lowest BCUT2D eigenvalue weighted by molar-refractivity contribution is 0.0916. The van der Waals surface area contributed by atoms with Gasteiger partial charge in [-0.15, -0.1) is 0 Å². The molecule has 1 heterocycles. The van der Waals surface area contributed by atoms with E-state index in [1.807, 2.05) is 26.0 Å². The molecule has 0 fully saturated rings. The van der Waals surface area contributed by atoms with Crippen LogP contribution in [-0.2, 0) is 19.6 Å². The minimum Gasteiger partial charge on any atom is -0.455 e. The van der Waals surface area contributed by atoms with Crippen LogP contribution in [-0.4, -0.2) is 17.4 Å². The zero-order valence-electron chi connectivity index (χ0n) is 17.8. The maximum atomic E-state index is 13.7. The Bertz CT molecular complexity index is 963. The smallest absolute Gasteiger partial charge is 0.287 e. The van der Waals surface area contributed by atoms with Gasteiger partial charge in [-0.2, -0.15) is 0 Å². The van der Waals surface area contributed by atoms with E-state index >= 15 is 0 Å². The molecule has 2 aromatic carbocycles. The average molecular weight is 409 g/mol. The molecule has 1 amide bonds. The second-order valence-corrected chi connectivity index (χ2v) is 8.13. The number of hydrogen-bond donors (Lipinski definition) is 1. The number of aryl methyl sites for hydroxylation is 1. The van der Waals surface area contributed by atoms with Crippen LogP contribution in [0.5, 0.6) is 0 Å². The van der Waals surface area contributed by atoms with Gasteiger partial charge in [-0.05, 0) is 48.2 Å². The number of nitrogens with zero attached hydrogens (tertiary/aromatic N) is 1. The van der Waals surface area contributed by atoms with E-state index in [2.05, 4.69) is 41.4 Å². The maximum Gasteiger partial charge on any atom is 0.287 e. The number of rotatable bonds is 9. The lowest BCUT2D eigenvalue weighted by atomic mass is 10.1. The minimum absolute atomic E-state index is 0.204. The van der Waals surface area contributed by atoms with Gasteiger partial charge in [0, 0.05) is 19.6 Å². The van der Waals surface area contributed by atoms with Crippen molar-refractivity contribution in [1.82, 2.24) is 10.2 Å². The summed E-state index contributed by atoms with van der Waals surface area (Å²) in [6, 6.07) is 18.5. The zero-order valence-corrected chi connectivity index (χ0v) is 17.8. The summed E-state index contributed by atoms with van der Waals surface area (Å²) in [5, 5.41) is 2.87. The quantitative estimate of drug-likeness (QED) is 0.521.